The molecule has 0 unspecified atom stereocenters. The minimum absolute atomic E-state index is 0.260. The highest BCUT2D eigenvalue weighted by molar-refractivity contribution is 5.74. The highest BCUT2D eigenvalue weighted by Gasteiger charge is 2.06. The molecule has 0 fully saturated rings. The van der Waals surface area contributed by atoms with Crippen LogP contribution in [-0.4, -0.2) is 19.3 Å². The number of phenols is 1. The Kier molecular flexibility index (Phi) is 4.08. The molecule has 0 aliphatic rings. The number of benzene rings is 2. The number of para-hydroxylation sites is 1. The first kappa shape index (κ1) is 13.0. The fraction of sp³-hybridized carbons (Fsp3) is 0.125. The van der Waals surface area contributed by atoms with E-state index in [1.54, 1.807) is 26.4 Å². The van der Waals surface area contributed by atoms with Gasteiger partial charge in [0.1, 0.15) is 5.75 Å². The van der Waals surface area contributed by atoms with Crippen LogP contribution in [0.25, 0.3) is 12.2 Å². The molecule has 0 radical (unpaired) electrons. The van der Waals surface area contributed by atoms with E-state index in [1.807, 2.05) is 42.5 Å². The molecule has 19 heavy (non-hydrogen) atoms. The Labute approximate surface area is 112 Å². The van der Waals surface area contributed by atoms with Gasteiger partial charge >= 0.3 is 0 Å². The molecule has 0 saturated heterocycles. The fourth-order valence-electron chi connectivity index (χ4n) is 1.81. The van der Waals surface area contributed by atoms with Crippen LogP contribution in [0.1, 0.15) is 11.1 Å². The standard InChI is InChI=1S/C16H16O3/c1-18-15-5-3-4-13(16(15)19-2)9-6-12-7-10-14(17)11-8-12/h3-11,17H,1-2H3. The zero-order valence-corrected chi connectivity index (χ0v) is 11.0. The summed E-state index contributed by atoms with van der Waals surface area (Å²) in [5.74, 6) is 1.67. The fourth-order valence-corrected chi connectivity index (χ4v) is 1.81. The maximum atomic E-state index is 9.23. The van der Waals surface area contributed by atoms with Gasteiger partial charge in [0.15, 0.2) is 11.5 Å². The van der Waals surface area contributed by atoms with Crippen molar-refractivity contribution in [1.82, 2.24) is 0 Å². The van der Waals surface area contributed by atoms with Gasteiger partial charge in [0.2, 0.25) is 0 Å². The largest absolute Gasteiger partial charge is 0.508 e. The molecule has 3 nitrogen and oxygen atoms in total. The predicted molar refractivity (Wildman–Crippen MR) is 76.6 cm³/mol. The van der Waals surface area contributed by atoms with Crippen molar-refractivity contribution < 1.29 is 14.6 Å². The molecule has 0 saturated carbocycles. The average Bonchev–Trinajstić information content (AvgIpc) is 2.46. The molecule has 0 aliphatic heterocycles. The number of aromatic hydroxyl groups is 1. The summed E-state index contributed by atoms with van der Waals surface area (Å²) in [5, 5.41) is 9.23. The lowest BCUT2D eigenvalue weighted by atomic mass is 10.1. The van der Waals surface area contributed by atoms with Gasteiger partial charge in [-0.3, -0.25) is 0 Å². The summed E-state index contributed by atoms with van der Waals surface area (Å²) in [5.41, 5.74) is 1.94. The Morgan fingerprint density at radius 1 is 0.895 bits per heavy atom. The van der Waals surface area contributed by atoms with Crippen LogP contribution in [0.15, 0.2) is 42.5 Å². The van der Waals surface area contributed by atoms with E-state index in [4.69, 9.17) is 9.47 Å². The summed E-state index contributed by atoms with van der Waals surface area (Å²) in [6.07, 6.45) is 3.91. The molecule has 0 heterocycles. The van der Waals surface area contributed by atoms with Crippen molar-refractivity contribution >= 4 is 12.2 Å². The number of methoxy groups -OCH3 is 2. The van der Waals surface area contributed by atoms with Crippen LogP contribution in [0.3, 0.4) is 0 Å². The third-order valence-corrected chi connectivity index (χ3v) is 2.78. The predicted octanol–water partition coefficient (Wildman–Crippen LogP) is 3.58. The molecular formula is C16H16O3. The van der Waals surface area contributed by atoms with Gasteiger partial charge in [-0.05, 0) is 23.8 Å². The van der Waals surface area contributed by atoms with Gasteiger partial charge in [-0.1, -0.05) is 36.4 Å². The van der Waals surface area contributed by atoms with E-state index >= 15 is 0 Å². The summed E-state index contributed by atoms with van der Waals surface area (Å²) < 4.78 is 10.6. The molecule has 0 aromatic heterocycles. The van der Waals surface area contributed by atoms with Gasteiger partial charge in [0.05, 0.1) is 14.2 Å². The van der Waals surface area contributed by atoms with Gasteiger partial charge in [0, 0.05) is 5.56 Å². The molecule has 98 valence electrons. The molecular weight excluding hydrogens is 240 g/mol. The van der Waals surface area contributed by atoms with Crippen molar-refractivity contribution in [3.63, 3.8) is 0 Å². The minimum atomic E-state index is 0.260. The summed E-state index contributed by atoms with van der Waals surface area (Å²) in [4.78, 5) is 0. The Balaban J connectivity index is 2.30. The van der Waals surface area contributed by atoms with E-state index in [-0.39, 0.29) is 5.75 Å². The lowest BCUT2D eigenvalue weighted by Crippen LogP contribution is -1.92. The van der Waals surface area contributed by atoms with Crippen LogP contribution in [0.2, 0.25) is 0 Å². The second kappa shape index (κ2) is 5.96. The molecule has 2 aromatic rings. The lowest BCUT2D eigenvalue weighted by Gasteiger charge is -2.09. The van der Waals surface area contributed by atoms with E-state index in [1.165, 1.54) is 0 Å². The molecule has 0 aliphatic carbocycles. The molecule has 0 amide bonds. The molecule has 0 spiro atoms. The first-order chi connectivity index (χ1) is 9.24. The van der Waals surface area contributed by atoms with Crippen LogP contribution in [0.4, 0.5) is 0 Å². The van der Waals surface area contributed by atoms with Crippen molar-refractivity contribution in [3.8, 4) is 17.2 Å². The number of hydrogen-bond acceptors (Lipinski definition) is 3. The van der Waals surface area contributed by atoms with Crippen LogP contribution >= 0.6 is 0 Å². The monoisotopic (exact) mass is 256 g/mol. The van der Waals surface area contributed by atoms with Crippen molar-refractivity contribution in [3.05, 3.63) is 53.6 Å². The van der Waals surface area contributed by atoms with Gasteiger partial charge in [-0.15, -0.1) is 0 Å². The third-order valence-electron chi connectivity index (χ3n) is 2.78. The quantitative estimate of drug-likeness (QED) is 0.850. The first-order valence-corrected chi connectivity index (χ1v) is 5.92. The number of phenolic OH excluding ortho intramolecular Hbond substituents is 1. The Bertz CT molecular complexity index is 571. The van der Waals surface area contributed by atoms with E-state index in [2.05, 4.69) is 0 Å². The average molecular weight is 256 g/mol. The summed E-state index contributed by atoms with van der Waals surface area (Å²) in [7, 11) is 3.24. The maximum Gasteiger partial charge on any atom is 0.167 e. The first-order valence-electron chi connectivity index (χ1n) is 5.92. The van der Waals surface area contributed by atoms with Gasteiger partial charge in [-0.25, -0.2) is 0 Å². The zero-order chi connectivity index (χ0) is 13.7. The van der Waals surface area contributed by atoms with Crippen LogP contribution in [-0.2, 0) is 0 Å². The molecule has 0 bridgehead atoms. The SMILES string of the molecule is COc1cccc(C=Cc2ccc(O)cc2)c1OC. The summed E-state index contributed by atoms with van der Waals surface area (Å²) in [6, 6.07) is 12.7. The van der Waals surface area contributed by atoms with E-state index < -0.39 is 0 Å². The Hall–Kier alpha value is -2.42. The van der Waals surface area contributed by atoms with Crippen LogP contribution < -0.4 is 9.47 Å². The van der Waals surface area contributed by atoms with E-state index in [9.17, 15) is 5.11 Å². The minimum Gasteiger partial charge on any atom is -0.508 e. The smallest absolute Gasteiger partial charge is 0.167 e. The molecule has 1 N–H and O–H groups in total. The third kappa shape index (κ3) is 3.07. The van der Waals surface area contributed by atoms with E-state index in [0.29, 0.717) is 11.5 Å². The molecule has 3 heteroatoms. The van der Waals surface area contributed by atoms with Gasteiger partial charge in [-0.2, -0.15) is 0 Å². The highest BCUT2D eigenvalue weighted by atomic mass is 16.5. The van der Waals surface area contributed by atoms with Crippen molar-refractivity contribution in [2.75, 3.05) is 14.2 Å². The normalized spacial score (nSPS) is 10.6. The molecule has 2 rings (SSSR count). The van der Waals surface area contributed by atoms with Gasteiger partial charge < -0.3 is 14.6 Å². The van der Waals surface area contributed by atoms with Crippen molar-refractivity contribution in [2.24, 2.45) is 0 Å². The van der Waals surface area contributed by atoms with Crippen molar-refractivity contribution in [1.29, 1.82) is 0 Å². The van der Waals surface area contributed by atoms with E-state index in [0.717, 1.165) is 11.1 Å². The highest BCUT2D eigenvalue weighted by Crippen LogP contribution is 2.31. The van der Waals surface area contributed by atoms with Crippen molar-refractivity contribution in [2.45, 2.75) is 0 Å². The number of rotatable bonds is 4. The number of ether oxygens (including phenoxy) is 2. The summed E-state index contributed by atoms with van der Waals surface area (Å²) in [6.45, 7) is 0. The summed E-state index contributed by atoms with van der Waals surface area (Å²) >= 11 is 0. The van der Waals surface area contributed by atoms with Gasteiger partial charge in [0.25, 0.3) is 0 Å². The zero-order valence-electron chi connectivity index (χ0n) is 11.0. The molecule has 0 atom stereocenters. The van der Waals surface area contributed by atoms with Crippen LogP contribution in [0, 0.1) is 0 Å². The number of hydrogen-bond donors (Lipinski definition) is 1. The Morgan fingerprint density at radius 2 is 1.63 bits per heavy atom. The second-order valence-electron chi connectivity index (χ2n) is 4.01. The molecule has 2 aromatic carbocycles. The Morgan fingerprint density at radius 3 is 2.26 bits per heavy atom. The lowest BCUT2D eigenvalue weighted by molar-refractivity contribution is 0.354. The second-order valence-corrected chi connectivity index (χ2v) is 4.01. The van der Waals surface area contributed by atoms with Crippen LogP contribution in [0.5, 0.6) is 17.2 Å². The topological polar surface area (TPSA) is 38.7 Å². The maximum absolute atomic E-state index is 9.23.